The predicted molar refractivity (Wildman–Crippen MR) is 65.8 cm³/mol. The minimum atomic E-state index is -0.987. The van der Waals surface area contributed by atoms with E-state index in [1.165, 1.54) is 17.2 Å². The standard InChI is InChI=1S/C13H9N3O2/c17-13(18)12-10-4-2-1-3-9(10)5-6-11(12)16-14-7-8-15-16/h1-8H,(H,17,18). The molecular weight excluding hydrogens is 230 g/mol. The van der Waals surface area contributed by atoms with E-state index >= 15 is 0 Å². The van der Waals surface area contributed by atoms with Crippen molar-refractivity contribution in [2.45, 2.75) is 0 Å². The average Bonchev–Trinajstić information content (AvgIpc) is 2.90. The summed E-state index contributed by atoms with van der Waals surface area (Å²) in [6.07, 6.45) is 3.03. The van der Waals surface area contributed by atoms with Crippen LogP contribution in [-0.2, 0) is 0 Å². The highest BCUT2D eigenvalue weighted by Gasteiger charge is 2.16. The molecule has 1 heterocycles. The van der Waals surface area contributed by atoms with Gasteiger partial charge in [0.05, 0.1) is 18.0 Å². The number of benzene rings is 2. The summed E-state index contributed by atoms with van der Waals surface area (Å²) >= 11 is 0. The van der Waals surface area contributed by atoms with Gasteiger partial charge in [-0.15, -0.1) is 0 Å². The molecule has 2 aromatic carbocycles. The molecule has 0 atom stereocenters. The first-order valence-electron chi connectivity index (χ1n) is 5.39. The van der Waals surface area contributed by atoms with Crippen LogP contribution in [0, 0.1) is 0 Å². The van der Waals surface area contributed by atoms with Gasteiger partial charge in [0.1, 0.15) is 5.69 Å². The van der Waals surface area contributed by atoms with Crippen molar-refractivity contribution in [2.24, 2.45) is 0 Å². The zero-order chi connectivity index (χ0) is 12.5. The number of nitrogens with zero attached hydrogens (tertiary/aromatic N) is 3. The van der Waals surface area contributed by atoms with Crippen LogP contribution >= 0.6 is 0 Å². The molecule has 1 N–H and O–H groups in total. The molecule has 0 bridgehead atoms. The van der Waals surface area contributed by atoms with Crippen LogP contribution in [0.25, 0.3) is 16.5 Å². The van der Waals surface area contributed by atoms with Crippen molar-refractivity contribution in [1.29, 1.82) is 0 Å². The number of rotatable bonds is 2. The summed E-state index contributed by atoms with van der Waals surface area (Å²) in [5.41, 5.74) is 0.676. The number of carboxylic acids is 1. The largest absolute Gasteiger partial charge is 0.478 e. The first-order valence-corrected chi connectivity index (χ1v) is 5.39. The molecule has 0 unspecified atom stereocenters. The molecule has 88 valence electrons. The number of hydrogen-bond acceptors (Lipinski definition) is 3. The summed E-state index contributed by atoms with van der Waals surface area (Å²) in [6, 6.07) is 10.9. The Kier molecular flexibility index (Phi) is 2.30. The lowest BCUT2D eigenvalue weighted by Crippen LogP contribution is -2.08. The highest BCUT2D eigenvalue weighted by Crippen LogP contribution is 2.24. The molecule has 0 aliphatic rings. The summed E-state index contributed by atoms with van der Waals surface area (Å²) < 4.78 is 0. The molecule has 0 saturated carbocycles. The van der Waals surface area contributed by atoms with E-state index in [1.807, 2.05) is 24.3 Å². The van der Waals surface area contributed by atoms with Crippen LogP contribution in [0.2, 0.25) is 0 Å². The molecule has 0 amide bonds. The first-order chi connectivity index (χ1) is 8.77. The van der Waals surface area contributed by atoms with E-state index in [4.69, 9.17) is 0 Å². The highest BCUT2D eigenvalue weighted by molar-refractivity contribution is 6.06. The van der Waals surface area contributed by atoms with Crippen molar-refractivity contribution >= 4 is 16.7 Å². The molecule has 0 aliphatic carbocycles. The quantitative estimate of drug-likeness (QED) is 0.743. The molecule has 3 rings (SSSR count). The highest BCUT2D eigenvalue weighted by atomic mass is 16.4. The molecule has 0 radical (unpaired) electrons. The Morgan fingerprint density at radius 1 is 1.06 bits per heavy atom. The Labute approximate surface area is 102 Å². The maximum Gasteiger partial charge on any atom is 0.338 e. The van der Waals surface area contributed by atoms with Crippen LogP contribution in [0.4, 0.5) is 0 Å². The Morgan fingerprint density at radius 2 is 1.78 bits per heavy atom. The van der Waals surface area contributed by atoms with E-state index < -0.39 is 5.97 Å². The molecule has 3 aromatic rings. The minimum Gasteiger partial charge on any atom is -0.478 e. The third-order valence-corrected chi connectivity index (χ3v) is 2.76. The van der Waals surface area contributed by atoms with Gasteiger partial charge in [0, 0.05) is 0 Å². The van der Waals surface area contributed by atoms with Crippen molar-refractivity contribution in [3.63, 3.8) is 0 Å². The van der Waals surface area contributed by atoms with Gasteiger partial charge in [0.2, 0.25) is 0 Å². The maximum atomic E-state index is 11.5. The first kappa shape index (κ1) is 10.5. The molecule has 18 heavy (non-hydrogen) atoms. The van der Waals surface area contributed by atoms with Crippen LogP contribution < -0.4 is 0 Å². The van der Waals surface area contributed by atoms with E-state index in [0.717, 1.165) is 5.39 Å². The van der Waals surface area contributed by atoms with Crippen LogP contribution in [0.1, 0.15) is 10.4 Å². The van der Waals surface area contributed by atoms with Crippen molar-refractivity contribution in [3.8, 4) is 5.69 Å². The number of carbonyl (C=O) groups is 1. The van der Waals surface area contributed by atoms with Gasteiger partial charge in [-0.1, -0.05) is 30.3 Å². The lowest BCUT2D eigenvalue weighted by molar-refractivity contribution is 0.0698. The van der Waals surface area contributed by atoms with Gasteiger partial charge < -0.3 is 5.11 Å². The monoisotopic (exact) mass is 239 g/mol. The lowest BCUT2D eigenvalue weighted by Gasteiger charge is -2.08. The SMILES string of the molecule is O=C(O)c1c(-n2nccn2)ccc2ccccc12. The summed E-state index contributed by atoms with van der Waals surface area (Å²) in [5.74, 6) is -0.987. The lowest BCUT2D eigenvalue weighted by atomic mass is 10.0. The van der Waals surface area contributed by atoms with Gasteiger partial charge >= 0.3 is 5.97 Å². The molecule has 0 saturated heterocycles. The van der Waals surface area contributed by atoms with Crippen LogP contribution in [0.3, 0.4) is 0 Å². The number of aromatic nitrogens is 3. The maximum absolute atomic E-state index is 11.5. The van der Waals surface area contributed by atoms with Gasteiger partial charge in [-0.25, -0.2) is 4.79 Å². The van der Waals surface area contributed by atoms with Crippen molar-refractivity contribution in [3.05, 3.63) is 54.4 Å². The fourth-order valence-electron chi connectivity index (χ4n) is 1.99. The van der Waals surface area contributed by atoms with Crippen LogP contribution in [0.5, 0.6) is 0 Å². The molecule has 5 nitrogen and oxygen atoms in total. The Balaban J connectivity index is 2.39. The second kappa shape index (κ2) is 3.96. The number of hydrogen-bond donors (Lipinski definition) is 1. The molecule has 1 aromatic heterocycles. The fraction of sp³-hybridized carbons (Fsp3) is 0. The molecule has 0 aliphatic heterocycles. The smallest absolute Gasteiger partial charge is 0.338 e. The Bertz CT molecular complexity index is 720. The molecular formula is C13H9N3O2. The zero-order valence-electron chi connectivity index (χ0n) is 9.32. The Morgan fingerprint density at radius 3 is 2.50 bits per heavy atom. The zero-order valence-corrected chi connectivity index (χ0v) is 9.32. The topological polar surface area (TPSA) is 68.0 Å². The third kappa shape index (κ3) is 1.53. The Hall–Kier alpha value is -2.69. The van der Waals surface area contributed by atoms with Crippen molar-refractivity contribution in [1.82, 2.24) is 15.0 Å². The van der Waals surface area contributed by atoms with Gasteiger partial charge in [0.15, 0.2) is 0 Å². The van der Waals surface area contributed by atoms with Gasteiger partial charge in [-0.05, 0) is 16.8 Å². The van der Waals surface area contributed by atoms with Crippen LogP contribution in [0.15, 0.2) is 48.8 Å². The van der Waals surface area contributed by atoms with E-state index in [1.54, 1.807) is 12.1 Å². The van der Waals surface area contributed by atoms with E-state index in [0.29, 0.717) is 11.1 Å². The van der Waals surface area contributed by atoms with Gasteiger partial charge in [-0.3, -0.25) is 0 Å². The second-order valence-corrected chi connectivity index (χ2v) is 3.80. The van der Waals surface area contributed by atoms with Crippen LogP contribution in [-0.4, -0.2) is 26.1 Å². The van der Waals surface area contributed by atoms with E-state index in [2.05, 4.69) is 10.2 Å². The number of fused-ring (bicyclic) bond motifs is 1. The number of carboxylic acid groups (broad SMARTS) is 1. The summed E-state index contributed by atoms with van der Waals surface area (Å²) in [7, 11) is 0. The minimum absolute atomic E-state index is 0.212. The van der Waals surface area contributed by atoms with Crippen molar-refractivity contribution in [2.75, 3.05) is 0 Å². The predicted octanol–water partition coefficient (Wildman–Crippen LogP) is 2.12. The summed E-state index contributed by atoms with van der Waals surface area (Å²) in [5, 5.41) is 18.9. The molecule has 0 spiro atoms. The van der Waals surface area contributed by atoms with Gasteiger partial charge in [-0.2, -0.15) is 15.0 Å². The van der Waals surface area contributed by atoms with Crippen molar-refractivity contribution < 1.29 is 9.90 Å². The summed E-state index contributed by atoms with van der Waals surface area (Å²) in [6.45, 7) is 0. The molecule has 5 heteroatoms. The third-order valence-electron chi connectivity index (χ3n) is 2.76. The van der Waals surface area contributed by atoms with E-state index in [-0.39, 0.29) is 5.56 Å². The van der Waals surface area contributed by atoms with E-state index in [9.17, 15) is 9.90 Å². The summed E-state index contributed by atoms with van der Waals surface area (Å²) in [4.78, 5) is 12.8. The average molecular weight is 239 g/mol. The van der Waals surface area contributed by atoms with Gasteiger partial charge in [0.25, 0.3) is 0 Å². The number of aromatic carboxylic acids is 1. The molecule has 0 fully saturated rings. The fourth-order valence-corrected chi connectivity index (χ4v) is 1.99. The second-order valence-electron chi connectivity index (χ2n) is 3.80. The normalized spacial score (nSPS) is 10.7.